The number of carboxylic acids is 1. The second-order valence-electron chi connectivity index (χ2n) is 11.0. The Kier molecular flexibility index (Phi) is 10.8. The summed E-state index contributed by atoms with van der Waals surface area (Å²) in [6, 6.07) is 21.4. The lowest BCUT2D eigenvalue weighted by Crippen LogP contribution is -2.50. The first kappa shape index (κ1) is 32.7. The van der Waals surface area contributed by atoms with E-state index in [-0.39, 0.29) is 22.4 Å². The number of benzene rings is 3. The number of hydrogen-bond acceptors (Lipinski definition) is 7. The van der Waals surface area contributed by atoms with E-state index >= 15 is 0 Å². The number of carbonyl (C=O) groups is 3. The summed E-state index contributed by atoms with van der Waals surface area (Å²) >= 11 is 0. The van der Waals surface area contributed by atoms with Gasteiger partial charge in [0.15, 0.2) is 16.4 Å². The zero-order valence-corrected chi connectivity index (χ0v) is 25.7. The lowest BCUT2D eigenvalue weighted by atomic mass is 9.88. The number of rotatable bonds is 13. The summed E-state index contributed by atoms with van der Waals surface area (Å²) in [5.74, 6) is -2.43. The van der Waals surface area contributed by atoms with Crippen molar-refractivity contribution in [2.45, 2.75) is 62.0 Å². The molecule has 0 unspecified atom stereocenters. The number of carboxylic acid groups (broad SMARTS) is 1. The van der Waals surface area contributed by atoms with E-state index in [1.54, 1.807) is 42.5 Å². The molecule has 1 aliphatic rings. The van der Waals surface area contributed by atoms with E-state index in [0.29, 0.717) is 24.0 Å². The summed E-state index contributed by atoms with van der Waals surface area (Å²) < 4.78 is 33.6. The number of amides is 2. The molecule has 3 aromatic rings. The van der Waals surface area contributed by atoms with Gasteiger partial charge in [-0.25, -0.2) is 8.42 Å². The van der Waals surface area contributed by atoms with E-state index in [4.69, 9.17) is 9.84 Å². The molecule has 234 valence electrons. The topological polar surface area (TPSA) is 151 Å². The molecule has 4 N–H and O–H groups in total. The highest BCUT2D eigenvalue weighted by atomic mass is 32.2. The second kappa shape index (κ2) is 14.5. The average Bonchev–Trinajstić information content (AvgIpc) is 3.13. The van der Waals surface area contributed by atoms with Crippen LogP contribution in [-0.4, -0.2) is 55.8 Å². The first-order valence-corrected chi connectivity index (χ1v) is 16.4. The van der Waals surface area contributed by atoms with Crippen LogP contribution in [0.25, 0.3) is 0 Å². The van der Waals surface area contributed by atoms with Crippen molar-refractivity contribution in [3.05, 3.63) is 95.6 Å². The van der Waals surface area contributed by atoms with Gasteiger partial charge in [-0.05, 0) is 41.7 Å². The molecular formula is C33H39N3O7S. The highest BCUT2D eigenvalue weighted by Crippen LogP contribution is 2.39. The van der Waals surface area contributed by atoms with Gasteiger partial charge in [-0.1, -0.05) is 93.4 Å². The lowest BCUT2D eigenvalue weighted by Gasteiger charge is -2.35. The Bertz CT molecular complexity index is 1560. The van der Waals surface area contributed by atoms with Gasteiger partial charge in [-0.2, -0.15) is 0 Å². The summed E-state index contributed by atoms with van der Waals surface area (Å²) in [6.45, 7) is 3.00. The zero-order valence-electron chi connectivity index (χ0n) is 24.9. The summed E-state index contributed by atoms with van der Waals surface area (Å²) in [5.41, 5.74) is 1.39. The molecule has 0 bridgehead atoms. The van der Waals surface area contributed by atoms with Crippen molar-refractivity contribution in [3.63, 3.8) is 0 Å². The molecule has 1 aliphatic heterocycles. The molecule has 3 aromatic carbocycles. The standard InChI is InChI=1S/C33H39N3O7S/c1-3-5-18-33(4-2)22-44(41,42)27-19-25(16-17-26(27)30(36-33)23-12-8-6-9-13-23)43-21-28(37)35-31(24-14-10-7-11-15-24)32(40)34-20-29(38)39/h6-17,19,30-31,36H,3-5,18,20-22H2,1-2H3,(H,34,40)(H,35,37)(H,38,39)/t30-,31-,33-/m1/s1. The summed E-state index contributed by atoms with van der Waals surface area (Å²) in [5, 5.41) is 17.5. The Morgan fingerprint density at radius 1 is 1.02 bits per heavy atom. The second-order valence-corrected chi connectivity index (χ2v) is 13.0. The van der Waals surface area contributed by atoms with Gasteiger partial charge in [0.05, 0.1) is 16.7 Å². The van der Waals surface area contributed by atoms with E-state index in [9.17, 15) is 22.8 Å². The molecule has 10 nitrogen and oxygen atoms in total. The zero-order chi connectivity index (χ0) is 31.7. The number of unbranched alkanes of at least 4 members (excludes halogenated alkanes) is 1. The highest BCUT2D eigenvalue weighted by molar-refractivity contribution is 7.91. The third-order valence-corrected chi connectivity index (χ3v) is 9.81. The summed E-state index contributed by atoms with van der Waals surface area (Å²) in [6.07, 6.45) is 3.17. The third-order valence-electron chi connectivity index (χ3n) is 7.85. The molecule has 0 saturated heterocycles. The van der Waals surface area contributed by atoms with Crippen LogP contribution in [0, 0.1) is 0 Å². The molecule has 0 aromatic heterocycles. The van der Waals surface area contributed by atoms with Crippen LogP contribution in [0.5, 0.6) is 5.75 Å². The van der Waals surface area contributed by atoms with Gasteiger partial charge in [0.2, 0.25) is 5.91 Å². The maximum Gasteiger partial charge on any atom is 0.322 e. The Hall–Kier alpha value is -4.22. The SMILES string of the molecule is CCCC[C@]1(CC)CS(=O)(=O)c2cc(OCC(=O)N[C@@H](C(=O)NCC(=O)O)c3ccccc3)ccc2[C@@H](c2ccccc2)N1. The average molecular weight is 622 g/mol. The summed E-state index contributed by atoms with van der Waals surface area (Å²) in [7, 11) is -3.75. The quantitative estimate of drug-likeness (QED) is 0.224. The Morgan fingerprint density at radius 2 is 1.70 bits per heavy atom. The number of nitrogens with one attached hydrogen (secondary N) is 3. The largest absolute Gasteiger partial charge is 0.484 e. The van der Waals surface area contributed by atoms with E-state index in [0.717, 1.165) is 18.4 Å². The van der Waals surface area contributed by atoms with Crippen LogP contribution in [0.2, 0.25) is 0 Å². The summed E-state index contributed by atoms with van der Waals surface area (Å²) in [4.78, 5) is 36.7. The number of aliphatic carboxylic acids is 1. The highest BCUT2D eigenvalue weighted by Gasteiger charge is 2.42. The van der Waals surface area contributed by atoms with Gasteiger partial charge in [0, 0.05) is 5.54 Å². The van der Waals surface area contributed by atoms with Gasteiger partial charge >= 0.3 is 5.97 Å². The van der Waals surface area contributed by atoms with Gasteiger partial charge in [0.25, 0.3) is 5.91 Å². The van der Waals surface area contributed by atoms with E-state index in [1.807, 2.05) is 37.3 Å². The maximum atomic E-state index is 13.9. The van der Waals surface area contributed by atoms with Gasteiger partial charge in [-0.15, -0.1) is 0 Å². The number of sulfone groups is 1. The minimum absolute atomic E-state index is 0.0685. The third kappa shape index (κ3) is 8.03. The minimum atomic E-state index is -3.75. The first-order valence-electron chi connectivity index (χ1n) is 14.7. The fourth-order valence-corrected chi connectivity index (χ4v) is 7.65. The molecule has 0 aliphatic carbocycles. The maximum absolute atomic E-state index is 13.9. The molecule has 3 atom stereocenters. The molecule has 4 rings (SSSR count). The van der Waals surface area contributed by atoms with Crippen molar-refractivity contribution in [3.8, 4) is 5.75 Å². The molecule has 11 heteroatoms. The molecule has 1 heterocycles. The van der Waals surface area contributed by atoms with Crippen LogP contribution in [0.4, 0.5) is 0 Å². The van der Waals surface area contributed by atoms with Crippen molar-refractivity contribution in [2.75, 3.05) is 18.9 Å². The van der Waals surface area contributed by atoms with Gasteiger partial charge in [-0.3, -0.25) is 19.7 Å². The van der Waals surface area contributed by atoms with Crippen molar-refractivity contribution < 1.29 is 32.6 Å². The van der Waals surface area contributed by atoms with Crippen molar-refractivity contribution >= 4 is 27.6 Å². The monoisotopic (exact) mass is 621 g/mol. The molecule has 0 radical (unpaired) electrons. The first-order chi connectivity index (χ1) is 21.1. The minimum Gasteiger partial charge on any atom is -0.484 e. The lowest BCUT2D eigenvalue weighted by molar-refractivity contribution is -0.138. The molecule has 0 fully saturated rings. The van der Waals surface area contributed by atoms with Gasteiger partial charge < -0.3 is 20.5 Å². The van der Waals surface area contributed by atoms with Crippen molar-refractivity contribution in [1.82, 2.24) is 16.0 Å². The van der Waals surface area contributed by atoms with E-state index in [2.05, 4.69) is 22.9 Å². The Morgan fingerprint density at radius 3 is 2.34 bits per heavy atom. The van der Waals surface area contributed by atoms with Crippen LogP contribution >= 0.6 is 0 Å². The molecule has 0 spiro atoms. The van der Waals surface area contributed by atoms with E-state index < -0.39 is 52.4 Å². The Labute approximate surface area is 258 Å². The molecule has 44 heavy (non-hydrogen) atoms. The fraction of sp³-hybridized carbons (Fsp3) is 0.364. The molecule has 0 saturated carbocycles. The van der Waals surface area contributed by atoms with Gasteiger partial charge in [0.1, 0.15) is 18.3 Å². The van der Waals surface area contributed by atoms with Crippen molar-refractivity contribution in [2.24, 2.45) is 0 Å². The molecular weight excluding hydrogens is 582 g/mol. The van der Waals surface area contributed by atoms with E-state index in [1.165, 1.54) is 6.07 Å². The normalized spacial score (nSPS) is 19.5. The van der Waals surface area contributed by atoms with Crippen LogP contribution < -0.4 is 20.7 Å². The predicted octanol–water partition coefficient (Wildman–Crippen LogP) is 3.93. The number of hydrogen-bond donors (Lipinski definition) is 4. The number of ether oxygens (including phenoxy) is 1. The van der Waals surface area contributed by atoms with Crippen LogP contribution in [0.15, 0.2) is 83.8 Å². The van der Waals surface area contributed by atoms with Crippen LogP contribution in [-0.2, 0) is 24.2 Å². The number of carbonyl (C=O) groups excluding carboxylic acids is 2. The number of fused-ring (bicyclic) bond motifs is 1. The van der Waals surface area contributed by atoms with Crippen molar-refractivity contribution in [1.29, 1.82) is 0 Å². The Balaban J connectivity index is 1.59. The van der Waals surface area contributed by atoms with Crippen LogP contribution in [0.3, 0.4) is 0 Å². The predicted molar refractivity (Wildman–Crippen MR) is 166 cm³/mol. The van der Waals surface area contributed by atoms with Crippen LogP contribution in [0.1, 0.15) is 68.3 Å². The molecule has 2 amide bonds. The fourth-order valence-electron chi connectivity index (χ4n) is 5.49. The smallest absolute Gasteiger partial charge is 0.322 e.